The van der Waals surface area contributed by atoms with Gasteiger partial charge in [0.05, 0.1) is 5.39 Å². The van der Waals surface area contributed by atoms with Crippen molar-refractivity contribution in [2.24, 2.45) is 5.11 Å². The van der Waals surface area contributed by atoms with Crippen LogP contribution in [0.15, 0.2) is 23.4 Å². The molecule has 0 fully saturated rings. The number of hydrogen-bond acceptors (Lipinski definition) is 4. The molecule has 0 bridgehead atoms. The lowest BCUT2D eigenvalue weighted by atomic mass is 10.3. The Morgan fingerprint density at radius 3 is 3.07 bits per heavy atom. The lowest BCUT2D eigenvalue weighted by Gasteiger charge is -1.99. The minimum absolute atomic E-state index is 0.0104. The van der Waals surface area contributed by atoms with Gasteiger partial charge in [-0.15, -0.1) is 0 Å². The van der Waals surface area contributed by atoms with Crippen molar-refractivity contribution in [1.82, 2.24) is 9.55 Å². The van der Waals surface area contributed by atoms with Gasteiger partial charge in [0.15, 0.2) is 5.69 Å². The highest BCUT2D eigenvalue weighted by atomic mass is 16.3. The van der Waals surface area contributed by atoms with Crippen molar-refractivity contribution in [3.05, 3.63) is 18.3 Å². The Morgan fingerprint density at radius 2 is 2.43 bits per heavy atom. The van der Waals surface area contributed by atoms with Gasteiger partial charge < -0.3 is 5.11 Å². The van der Waals surface area contributed by atoms with E-state index in [1.807, 2.05) is 6.92 Å². The van der Waals surface area contributed by atoms with Crippen LogP contribution in [0, 0.1) is 5.53 Å². The van der Waals surface area contributed by atoms with E-state index in [4.69, 9.17) is 5.53 Å². The van der Waals surface area contributed by atoms with E-state index < -0.39 is 0 Å². The molecule has 0 atom stereocenters. The first-order valence-electron chi connectivity index (χ1n) is 4.33. The van der Waals surface area contributed by atoms with Crippen LogP contribution in [0.2, 0.25) is 0 Å². The maximum Gasteiger partial charge on any atom is 0.221 e. The molecule has 0 aliphatic carbocycles. The Hall–Kier alpha value is -1.91. The summed E-state index contributed by atoms with van der Waals surface area (Å²) in [6.45, 7) is 2.51. The van der Waals surface area contributed by atoms with Crippen LogP contribution in [0.25, 0.3) is 11.0 Å². The second-order valence-electron chi connectivity index (χ2n) is 2.90. The van der Waals surface area contributed by atoms with Crippen LogP contribution in [0.5, 0.6) is 5.88 Å². The smallest absolute Gasteiger partial charge is 0.221 e. The molecule has 72 valence electrons. The molecule has 0 radical (unpaired) electrons. The molecule has 2 heterocycles. The highest BCUT2D eigenvalue weighted by Gasteiger charge is 2.15. The highest BCUT2D eigenvalue weighted by Crippen LogP contribution is 2.36. The van der Waals surface area contributed by atoms with E-state index in [0.717, 1.165) is 0 Å². The topological polar surface area (TPSA) is 74.3 Å². The summed E-state index contributed by atoms with van der Waals surface area (Å²) < 4.78 is 1.63. The summed E-state index contributed by atoms with van der Waals surface area (Å²) in [6, 6.07) is 3.55. The van der Waals surface area contributed by atoms with Gasteiger partial charge >= 0.3 is 0 Å². The number of nitrogens with zero attached hydrogens (tertiary/aromatic N) is 3. The van der Waals surface area contributed by atoms with E-state index in [0.29, 0.717) is 17.6 Å². The van der Waals surface area contributed by atoms with Gasteiger partial charge in [0, 0.05) is 12.7 Å². The molecule has 2 rings (SSSR count). The molecule has 2 aromatic heterocycles. The molecule has 0 aromatic carbocycles. The second-order valence-corrected chi connectivity index (χ2v) is 2.90. The summed E-state index contributed by atoms with van der Waals surface area (Å²) in [5.41, 5.74) is 7.93. The lowest BCUT2D eigenvalue weighted by molar-refractivity contribution is 0.426. The minimum atomic E-state index is 0.0104. The summed E-state index contributed by atoms with van der Waals surface area (Å²) in [6.07, 6.45) is 1.65. The third kappa shape index (κ3) is 0.985. The number of aromatic hydroxyl groups is 1. The molecular weight excluding hydrogens is 180 g/mol. The van der Waals surface area contributed by atoms with Gasteiger partial charge in [0.2, 0.25) is 5.88 Å². The summed E-state index contributed by atoms with van der Waals surface area (Å²) in [4.78, 5) is 4.14. The number of aromatic nitrogens is 2. The molecule has 0 unspecified atom stereocenters. The number of aryl methyl sites for hydroxylation is 1. The maximum atomic E-state index is 9.72. The van der Waals surface area contributed by atoms with Gasteiger partial charge in [-0.1, -0.05) is 0 Å². The number of pyridine rings is 1. The van der Waals surface area contributed by atoms with Gasteiger partial charge in [0.1, 0.15) is 5.65 Å². The fourth-order valence-electron chi connectivity index (χ4n) is 1.56. The monoisotopic (exact) mass is 190 g/mol. The van der Waals surface area contributed by atoms with E-state index in [1.165, 1.54) is 0 Å². The fourth-order valence-corrected chi connectivity index (χ4v) is 1.56. The van der Waals surface area contributed by atoms with E-state index in [2.05, 4.69) is 10.1 Å². The molecule has 0 aliphatic rings. The normalized spacial score (nSPS) is 10.6. The minimum Gasteiger partial charge on any atom is -0.493 e. The molecule has 0 spiro atoms. The first kappa shape index (κ1) is 8.68. The van der Waals surface area contributed by atoms with Gasteiger partial charge in [-0.3, -0.25) is 4.57 Å². The van der Waals surface area contributed by atoms with E-state index in [1.54, 1.807) is 22.9 Å². The quantitative estimate of drug-likeness (QED) is 0.713. The molecule has 0 aliphatic heterocycles. The lowest BCUT2D eigenvalue weighted by Crippen LogP contribution is -1.93. The molecule has 2 aromatic rings. The number of hydrogen-bond donors (Lipinski definition) is 2. The molecular formula is C9H10N4O. The molecule has 14 heavy (non-hydrogen) atoms. The maximum absolute atomic E-state index is 9.72. The molecule has 5 nitrogen and oxygen atoms in total. The fraction of sp³-hybridized carbons (Fsp3) is 0.222. The Morgan fingerprint density at radius 1 is 1.64 bits per heavy atom. The number of rotatable bonds is 2. The first-order valence-corrected chi connectivity index (χ1v) is 4.33. The summed E-state index contributed by atoms with van der Waals surface area (Å²) >= 11 is 0. The van der Waals surface area contributed by atoms with Crippen molar-refractivity contribution in [3.63, 3.8) is 0 Å². The molecule has 0 saturated heterocycles. The standard InChI is InChI=1S/C9H10N4O/c1-2-13-8-6(4-3-5-11-8)7(12-10)9(13)14/h3-5,10,14H,2H2,1H3. The Balaban J connectivity index is 2.91. The van der Waals surface area contributed by atoms with Crippen LogP contribution in [0.4, 0.5) is 5.69 Å². The summed E-state index contributed by atoms with van der Waals surface area (Å²) in [5, 5.41) is 13.7. The average molecular weight is 190 g/mol. The van der Waals surface area contributed by atoms with E-state index in [-0.39, 0.29) is 11.6 Å². The Bertz CT molecular complexity index is 489. The van der Waals surface area contributed by atoms with Crippen molar-refractivity contribution < 1.29 is 5.11 Å². The second kappa shape index (κ2) is 3.10. The van der Waals surface area contributed by atoms with Gasteiger partial charge in [-0.2, -0.15) is 5.11 Å². The molecule has 2 N–H and O–H groups in total. The predicted octanol–water partition coefficient (Wildman–Crippen LogP) is 2.42. The zero-order chi connectivity index (χ0) is 10.1. The Labute approximate surface area is 80.5 Å². The van der Waals surface area contributed by atoms with Gasteiger partial charge in [0.25, 0.3) is 0 Å². The van der Waals surface area contributed by atoms with Gasteiger partial charge in [-0.05, 0) is 19.1 Å². The van der Waals surface area contributed by atoms with Crippen molar-refractivity contribution in [2.75, 3.05) is 0 Å². The average Bonchev–Trinajstić information content (AvgIpc) is 2.49. The number of nitrogens with one attached hydrogen (secondary N) is 1. The third-order valence-electron chi connectivity index (χ3n) is 2.19. The van der Waals surface area contributed by atoms with Crippen molar-refractivity contribution >= 4 is 16.7 Å². The largest absolute Gasteiger partial charge is 0.493 e. The highest BCUT2D eigenvalue weighted by molar-refractivity contribution is 5.92. The van der Waals surface area contributed by atoms with Crippen molar-refractivity contribution in [1.29, 1.82) is 5.53 Å². The van der Waals surface area contributed by atoms with Crippen molar-refractivity contribution in [3.8, 4) is 5.88 Å². The van der Waals surface area contributed by atoms with Crippen LogP contribution in [0.1, 0.15) is 6.92 Å². The molecule has 0 amide bonds. The van der Waals surface area contributed by atoms with E-state index in [9.17, 15) is 5.11 Å². The van der Waals surface area contributed by atoms with Crippen LogP contribution < -0.4 is 0 Å². The van der Waals surface area contributed by atoms with Crippen LogP contribution in [0.3, 0.4) is 0 Å². The van der Waals surface area contributed by atoms with Gasteiger partial charge in [-0.25, -0.2) is 10.5 Å². The van der Waals surface area contributed by atoms with E-state index >= 15 is 0 Å². The van der Waals surface area contributed by atoms with Crippen LogP contribution in [-0.4, -0.2) is 14.7 Å². The molecule has 5 heteroatoms. The zero-order valence-electron chi connectivity index (χ0n) is 7.73. The Kier molecular flexibility index (Phi) is 1.92. The number of fused-ring (bicyclic) bond motifs is 1. The first-order chi connectivity index (χ1) is 6.79. The predicted molar refractivity (Wildman–Crippen MR) is 51.9 cm³/mol. The zero-order valence-corrected chi connectivity index (χ0v) is 7.73. The van der Waals surface area contributed by atoms with Crippen LogP contribution in [-0.2, 0) is 6.54 Å². The van der Waals surface area contributed by atoms with Crippen molar-refractivity contribution in [2.45, 2.75) is 13.5 Å². The third-order valence-corrected chi connectivity index (χ3v) is 2.19. The SMILES string of the molecule is CCn1c(O)c(N=N)c2cccnc21. The summed E-state index contributed by atoms with van der Waals surface area (Å²) in [7, 11) is 0. The molecule has 0 saturated carbocycles. The summed E-state index contributed by atoms with van der Waals surface area (Å²) in [5.74, 6) is 0.0104. The van der Waals surface area contributed by atoms with Crippen LogP contribution >= 0.6 is 0 Å².